The summed E-state index contributed by atoms with van der Waals surface area (Å²) in [4.78, 5) is 11.0. The summed E-state index contributed by atoms with van der Waals surface area (Å²) in [6, 6.07) is 0.715. The quantitative estimate of drug-likeness (QED) is 0.468. The van der Waals surface area contributed by atoms with Crippen molar-refractivity contribution in [2.45, 2.75) is 6.42 Å². The number of carbonyl (C=O) groups is 1. The van der Waals surface area contributed by atoms with Crippen molar-refractivity contribution in [2.24, 2.45) is 0 Å². The molecule has 0 radical (unpaired) electrons. The fourth-order valence-corrected chi connectivity index (χ4v) is 1.86. The average molecular weight is 344 g/mol. The first-order chi connectivity index (χ1) is 6.97. The van der Waals surface area contributed by atoms with Crippen molar-refractivity contribution in [1.82, 2.24) is 0 Å². The topological polar surface area (TPSA) is 26.3 Å². The Morgan fingerprint density at radius 1 is 1.33 bits per heavy atom. The highest BCUT2D eigenvalue weighted by Crippen LogP contribution is 2.31. The molecule has 0 atom stereocenters. The monoisotopic (exact) mass is 342 g/mol. The third-order valence-electron chi connectivity index (χ3n) is 1.76. The van der Waals surface area contributed by atoms with Crippen LogP contribution in [0, 0.1) is 11.6 Å². The van der Waals surface area contributed by atoms with Crippen LogP contribution in [0.2, 0.25) is 0 Å². The lowest BCUT2D eigenvalue weighted by Gasteiger charge is -2.07. The minimum atomic E-state index is -0.784. The van der Waals surface area contributed by atoms with Crippen molar-refractivity contribution in [3.05, 3.63) is 32.2 Å². The van der Waals surface area contributed by atoms with Crippen LogP contribution in [0.4, 0.5) is 8.78 Å². The largest absolute Gasteiger partial charge is 0.469 e. The molecule has 1 aromatic rings. The van der Waals surface area contributed by atoms with Crippen LogP contribution in [-0.2, 0) is 16.0 Å². The molecule has 0 aliphatic rings. The molecule has 82 valence electrons. The summed E-state index contributed by atoms with van der Waals surface area (Å²) in [7, 11) is 1.20. The van der Waals surface area contributed by atoms with Gasteiger partial charge in [-0.1, -0.05) is 0 Å². The Balaban J connectivity index is 3.18. The van der Waals surface area contributed by atoms with Crippen molar-refractivity contribution in [1.29, 1.82) is 0 Å². The van der Waals surface area contributed by atoms with Gasteiger partial charge in [-0.2, -0.15) is 0 Å². The van der Waals surface area contributed by atoms with Gasteiger partial charge in [0.1, 0.15) is 11.6 Å². The molecule has 0 unspecified atom stereocenters. The lowest BCUT2D eigenvalue weighted by atomic mass is 10.1. The van der Waals surface area contributed by atoms with E-state index in [1.165, 1.54) is 7.11 Å². The summed E-state index contributed by atoms with van der Waals surface area (Å²) in [5.74, 6) is -2.10. The van der Waals surface area contributed by atoms with E-state index in [0.29, 0.717) is 6.07 Å². The molecule has 0 heterocycles. The molecule has 1 rings (SSSR count). The highest BCUT2D eigenvalue weighted by molar-refractivity contribution is 9.13. The molecule has 0 aromatic heterocycles. The predicted molar refractivity (Wildman–Crippen MR) is 57.5 cm³/mol. The second-order valence-electron chi connectivity index (χ2n) is 2.70. The molecular formula is C9H6Br2F2O2. The lowest BCUT2D eigenvalue weighted by molar-refractivity contribution is -0.139. The number of hydrogen-bond acceptors (Lipinski definition) is 2. The zero-order valence-electron chi connectivity index (χ0n) is 7.61. The summed E-state index contributed by atoms with van der Waals surface area (Å²) < 4.78 is 31.0. The maximum absolute atomic E-state index is 13.3. The molecule has 0 bridgehead atoms. The lowest BCUT2D eigenvalue weighted by Crippen LogP contribution is -2.07. The van der Waals surface area contributed by atoms with Crippen LogP contribution in [0.15, 0.2) is 15.0 Å². The van der Waals surface area contributed by atoms with Gasteiger partial charge in [0.05, 0.1) is 18.0 Å². The Hall–Kier alpha value is -0.490. The second-order valence-corrected chi connectivity index (χ2v) is 4.29. The Labute approximate surface area is 102 Å². The van der Waals surface area contributed by atoms with E-state index in [0.717, 1.165) is 0 Å². The van der Waals surface area contributed by atoms with Gasteiger partial charge in [0.2, 0.25) is 0 Å². The van der Waals surface area contributed by atoms with Gasteiger partial charge in [0.15, 0.2) is 0 Å². The first-order valence-corrected chi connectivity index (χ1v) is 5.44. The van der Waals surface area contributed by atoms with Crippen LogP contribution < -0.4 is 0 Å². The number of carbonyl (C=O) groups excluding carboxylic acids is 1. The van der Waals surface area contributed by atoms with E-state index in [4.69, 9.17) is 0 Å². The maximum atomic E-state index is 13.3. The van der Waals surface area contributed by atoms with E-state index in [9.17, 15) is 13.6 Å². The van der Waals surface area contributed by atoms with Crippen molar-refractivity contribution in [3.8, 4) is 0 Å². The maximum Gasteiger partial charge on any atom is 0.310 e. The van der Waals surface area contributed by atoms with Crippen molar-refractivity contribution < 1.29 is 18.3 Å². The molecule has 0 spiro atoms. The van der Waals surface area contributed by atoms with Gasteiger partial charge in [-0.25, -0.2) is 8.78 Å². The molecule has 0 amide bonds. The Bertz CT molecular complexity index is 408. The minimum absolute atomic E-state index is 0.0649. The first-order valence-electron chi connectivity index (χ1n) is 3.86. The summed E-state index contributed by atoms with van der Waals surface area (Å²) >= 11 is 5.94. The highest BCUT2D eigenvalue weighted by atomic mass is 79.9. The van der Waals surface area contributed by atoms with Crippen LogP contribution in [-0.4, -0.2) is 13.1 Å². The van der Waals surface area contributed by atoms with E-state index >= 15 is 0 Å². The van der Waals surface area contributed by atoms with Gasteiger partial charge in [-0.15, -0.1) is 0 Å². The summed E-state index contributed by atoms with van der Waals surface area (Å²) in [5, 5.41) is 0. The normalized spacial score (nSPS) is 10.2. The van der Waals surface area contributed by atoms with Crippen LogP contribution in [0.3, 0.4) is 0 Å². The van der Waals surface area contributed by atoms with Crippen LogP contribution in [0.1, 0.15) is 5.56 Å². The predicted octanol–water partition coefficient (Wildman–Crippen LogP) is 3.21. The molecule has 0 saturated carbocycles. The standard InChI is InChI=1S/C9H6Br2F2O2/c1-15-7(14)2-4-5(12)3-6(13)9(11)8(4)10/h3H,2H2,1H3. The molecule has 0 aliphatic carbocycles. The Morgan fingerprint density at radius 3 is 2.47 bits per heavy atom. The molecule has 1 aromatic carbocycles. The number of rotatable bonds is 2. The summed E-state index contributed by atoms with van der Waals surface area (Å²) in [6.07, 6.45) is -0.248. The van der Waals surface area contributed by atoms with Gasteiger partial charge in [-0.05, 0) is 31.9 Å². The molecular weight excluding hydrogens is 338 g/mol. The van der Waals surface area contributed by atoms with Crippen molar-refractivity contribution in [3.63, 3.8) is 0 Å². The van der Waals surface area contributed by atoms with Gasteiger partial charge >= 0.3 is 5.97 Å². The summed E-state index contributed by atoms with van der Waals surface area (Å²) in [5.41, 5.74) is 0.0649. The third kappa shape index (κ3) is 2.75. The highest BCUT2D eigenvalue weighted by Gasteiger charge is 2.17. The van der Waals surface area contributed by atoms with Crippen LogP contribution in [0.5, 0.6) is 0 Å². The fraction of sp³-hybridized carbons (Fsp3) is 0.222. The zero-order valence-corrected chi connectivity index (χ0v) is 10.8. The molecule has 0 aliphatic heterocycles. The summed E-state index contributed by atoms with van der Waals surface area (Å²) in [6.45, 7) is 0. The number of esters is 1. The molecule has 0 saturated heterocycles. The van der Waals surface area contributed by atoms with Gasteiger partial charge < -0.3 is 4.74 Å². The van der Waals surface area contributed by atoms with Crippen LogP contribution >= 0.6 is 31.9 Å². The van der Waals surface area contributed by atoms with E-state index in [2.05, 4.69) is 36.6 Å². The molecule has 2 nitrogen and oxygen atoms in total. The van der Waals surface area contributed by atoms with E-state index in [-0.39, 0.29) is 20.9 Å². The van der Waals surface area contributed by atoms with Gasteiger partial charge in [0.25, 0.3) is 0 Å². The molecule has 0 N–H and O–H groups in total. The number of methoxy groups -OCH3 is 1. The smallest absolute Gasteiger partial charge is 0.310 e. The van der Waals surface area contributed by atoms with E-state index in [1.54, 1.807) is 0 Å². The minimum Gasteiger partial charge on any atom is -0.469 e. The number of hydrogen-bond donors (Lipinski definition) is 0. The first kappa shape index (κ1) is 12.6. The number of halogens is 4. The van der Waals surface area contributed by atoms with Gasteiger partial charge in [0, 0.05) is 16.1 Å². The number of ether oxygens (including phenoxy) is 1. The van der Waals surface area contributed by atoms with Crippen molar-refractivity contribution >= 4 is 37.8 Å². The SMILES string of the molecule is COC(=O)Cc1c(F)cc(F)c(Br)c1Br. The number of benzene rings is 1. The molecule has 0 fully saturated rings. The van der Waals surface area contributed by atoms with E-state index < -0.39 is 17.6 Å². The molecule has 6 heteroatoms. The van der Waals surface area contributed by atoms with Crippen molar-refractivity contribution in [2.75, 3.05) is 7.11 Å². The second kappa shape index (κ2) is 5.03. The third-order valence-corrected chi connectivity index (χ3v) is 3.94. The average Bonchev–Trinajstić information content (AvgIpc) is 2.21. The van der Waals surface area contributed by atoms with Gasteiger partial charge in [-0.3, -0.25) is 4.79 Å². The van der Waals surface area contributed by atoms with E-state index in [1.807, 2.05) is 0 Å². The Kier molecular flexibility index (Phi) is 4.21. The van der Waals surface area contributed by atoms with Crippen LogP contribution in [0.25, 0.3) is 0 Å². The fourth-order valence-electron chi connectivity index (χ4n) is 0.982. The molecule has 15 heavy (non-hydrogen) atoms. The Morgan fingerprint density at radius 2 is 1.93 bits per heavy atom. The zero-order chi connectivity index (χ0) is 11.6.